The highest BCUT2D eigenvalue weighted by atomic mass is 32.2. The van der Waals surface area contributed by atoms with E-state index < -0.39 is 21.8 Å². The maximum absolute atomic E-state index is 15.0. The van der Waals surface area contributed by atoms with E-state index >= 15 is 4.39 Å². The molecular formula is C30H39F2N7O3S. The number of aromatic nitrogens is 5. The van der Waals surface area contributed by atoms with Crippen molar-refractivity contribution in [3.63, 3.8) is 0 Å². The van der Waals surface area contributed by atoms with E-state index in [0.29, 0.717) is 40.8 Å². The molecule has 0 aliphatic carbocycles. The van der Waals surface area contributed by atoms with Gasteiger partial charge < -0.3 is 15.2 Å². The number of nitrogens with zero attached hydrogens (tertiary/aromatic N) is 5. The van der Waals surface area contributed by atoms with Crippen molar-refractivity contribution in [2.45, 2.75) is 65.8 Å². The van der Waals surface area contributed by atoms with Crippen LogP contribution in [0, 0.1) is 31.4 Å². The summed E-state index contributed by atoms with van der Waals surface area (Å²) >= 11 is 0. The summed E-state index contributed by atoms with van der Waals surface area (Å²) in [4.78, 5) is 17.7. The van der Waals surface area contributed by atoms with Crippen LogP contribution < -0.4 is 10.6 Å². The molecule has 13 heteroatoms. The number of halogens is 2. The number of hydrogen-bond donors (Lipinski definition) is 3. The van der Waals surface area contributed by atoms with E-state index in [2.05, 4.69) is 38.6 Å². The van der Waals surface area contributed by atoms with Crippen molar-refractivity contribution in [2.75, 3.05) is 24.7 Å². The molecule has 5 rings (SSSR count). The second-order valence-electron chi connectivity index (χ2n) is 11.2. The fourth-order valence-corrected chi connectivity index (χ4v) is 5.89. The monoisotopic (exact) mass is 615 g/mol. The molecule has 43 heavy (non-hydrogen) atoms. The minimum atomic E-state index is -3.67. The third-order valence-electron chi connectivity index (χ3n) is 7.62. The molecule has 232 valence electrons. The minimum absolute atomic E-state index is 0.0164. The van der Waals surface area contributed by atoms with Gasteiger partial charge in [0.25, 0.3) is 10.1 Å². The third-order valence-corrected chi connectivity index (χ3v) is 7.62. The molecule has 0 saturated carbocycles. The lowest BCUT2D eigenvalue weighted by atomic mass is 9.78. The van der Waals surface area contributed by atoms with Crippen LogP contribution in [0.4, 0.5) is 20.5 Å². The third kappa shape index (κ3) is 7.89. The van der Waals surface area contributed by atoms with Crippen LogP contribution in [0.3, 0.4) is 0 Å². The highest BCUT2D eigenvalue weighted by Crippen LogP contribution is 2.36. The zero-order valence-electron chi connectivity index (χ0n) is 25.3. The molecule has 1 aromatic carbocycles. The Kier molecular flexibility index (Phi) is 10.1. The summed E-state index contributed by atoms with van der Waals surface area (Å²) in [5.74, 6) is 1.46. The number of rotatable bonds is 7. The van der Waals surface area contributed by atoms with Gasteiger partial charge in [-0.2, -0.15) is 8.42 Å². The largest absolute Gasteiger partial charge is 0.326 e. The lowest BCUT2D eigenvalue weighted by Gasteiger charge is -2.31. The molecule has 4 heterocycles. The molecule has 3 N–H and O–H groups in total. The van der Waals surface area contributed by atoms with Crippen LogP contribution in [0.15, 0.2) is 30.5 Å². The summed E-state index contributed by atoms with van der Waals surface area (Å²) in [6.07, 6.45) is 5.23. The Hall–Kier alpha value is -3.55. The highest BCUT2D eigenvalue weighted by molar-refractivity contribution is 7.85. The lowest BCUT2D eigenvalue weighted by Crippen LogP contribution is -2.31. The summed E-state index contributed by atoms with van der Waals surface area (Å²) in [5.41, 5.74) is 3.45. The molecule has 1 saturated heterocycles. The number of nitrogens with one attached hydrogen (secondary N) is 2. The first-order valence-corrected chi connectivity index (χ1v) is 16.2. The molecule has 1 aliphatic heterocycles. The van der Waals surface area contributed by atoms with Crippen LogP contribution in [0.1, 0.15) is 69.1 Å². The quantitative estimate of drug-likeness (QED) is 0.211. The predicted octanol–water partition coefficient (Wildman–Crippen LogP) is 6.11. The number of aryl methyl sites for hydroxylation is 2. The zero-order valence-corrected chi connectivity index (χ0v) is 26.1. The fraction of sp³-hybridized carbons (Fsp3) is 0.467. The van der Waals surface area contributed by atoms with Gasteiger partial charge in [-0.1, -0.05) is 13.0 Å². The number of fused-ring (bicyclic) bond motifs is 1. The van der Waals surface area contributed by atoms with Crippen molar-refractivity contribution in [2.24, 2.45) is 5.92 Å². The van der Waals surface area contributed by atoms with Crippen molar-refractivity contribution < 1.29 is 21.8 Å². The average Bonchev–Trinajstić information content (AvgIpc) is 3.27. The first kappa shape index (κ1) is 32.4. The van der Waals surface area contributed by atoms with Crippen LogP contribution in [-0.4, -0.2) is 56.8 Å². The van der Waals surface area contributed by atoms with E-state index in [1.807, 2.05) is 38.3 Å². The van der Waals surface area contributed by atoms with Gasteiger partial charge in [-0.3, -0.25) is 4.55 Å². The Morgan fingerprint density at radius 3 is 2.37 bits per heavy atom. The standard InChI is InChI=1S/C29H35F2N7.CH4O3S/c1-6-21(19-9-11-32-12-10-19)22-7-8-26(34-17(22)4)36-29-33-15-24(31)27(37-29)20-13-23(30)28-25(14-20)38(16(2)3)18(5)35-28;1-5(2,3)4/h7-8,13-16,19,21,32H,6,9-12H2,1-5H3,(H,33,34,36,37);1H3,(H,2,3,4). The molecule has 0 bridgehead atoms. The Labute approximate surface area is 251 Å². The van der Waals surface area contributed by atoms with Crippen molar-refractivity contribution in [3.8, 4) is 11.3 Å². The molecular weight excluding hydrogens is 576 g/mol. The topological polar surface area (TPSA) is 135 Å². The van der Waals surface area contributed by atoms with Crippen molar-refractivity contribution in [3.05, 3.63) is 59.2 Å². The number of imidazole rings is 1. The Morgan fingerprint density at radius 2 is 1.77 bits per heavy atom. The van der Waals surface area contributed by atoms with Crippen molar-refractivity contribution >= 4 is 32.9 Å². The normalized spacial score (nSPS) is 14.9. The molecule has 0 spiro atoms. The minimum Gasteiger partial charge on any atom is -0.326 e. The van der Waals surface area contributed by atoms with E-state index in [0.717, 1.165) is 31.4 Å². The van der Waals surface area contributed by atoms with Crippen LogP contribution in [-0.2, 0) is 10.1 Å². The molecule has 1 fully saturated rings. The van der Waals surface area contributed by atoms with Gasteiger partial charge in [0.15, 0.2) is 11.6 Å². The molecule has 1 atom stereocenters. The number of hydrogen-bond acceptors (Lipinski definition) is 8. The van der Waals surface area contributed by atoms with Gasteiger partial charge in [0.2, 0.25) is 5.95 Å². The second kappa shape index (κ2) is 13.4. The SMILES string of the molecule is CCC(c1ccc(Nc2ncc(F)c(-c3cc(F)c4nc(C)n(C(C)C)c4c3)n2)nc1C)C1CCNCC1.CS(=O)(=O)O. The van der Waals surface area contributed by atoms with Gasteiger partial charge in [-0.25, -0.2) is 28.7 Å². The van der Waals surface area contributed by atoms with Crippen LogP contribution >= 0.6 is 0 Å². The smallest absolute Gasteiger partial charge is 0.261 e. The van der Waals surface area contributed by atoms with Crippen molar-refractivity contribution in [1.29, 1.82) is 0 Å². The van der Waals surface area contributed by atoms with Gasteiger partial charge in [0.05, 0.1) is 18.0 Å². The Bertz CT molecular complexity index is 1700. The maximum atomic E-state index is 15.0. The average molecular weight is 616 g/mol. The number of piperidine rings is 1. The molecule has 4 aromatic rings. The first-order chi connectivity index (χ1) is 20.3. The van der Waals surface area contributed by atoms with Gasteiger partial charge in [0, 0.05) is 17.3 Å². The zero-order chi connectivity index (χ0) is 31.5. The molecule has 1 unspecified atom stereocenters. The van der Waals surface area contributed by atoms with Crippen LogP contribution in [0.25, 0.3) is 22.3 Å². The van der Waals surface area contributed by atoms with E-state index in [-0.39, 0.29) is 23.2 Å². The molecule has 1 aliphatic rings. The summed E-state index contributed by atoms with van der Waals surface area (Å²) < 4.78 is 57.7. The first-order valence-electron chi connectivity index (χ1n) is 14.4. The summed E-state index contributed by atoms with van der Waals surface area (Å²) in [5, 5.41) is 6.56. The number of benzene rings is 1. The van der Waals surface area contributed by atoms with E-state index in [9.17, 15) is 12.8 Å². The van der Waals surface area contributed by atoms with Gasteiger partial charge in [-0.15, -0.1) is 0 Å². The fourth-order valence-electron chi connectivity index (χ4n) is 5.89. The highest BCUT2D eigenvalue weighted by Gasteiger charge is 2.25. The Balaban J connectivity index is 0.000000782. The summed E-state index contributed by atoms with van der Waals surface area (Å²) in [7, 11) is -3.67. The number of anilines is 2. The molecule has 0 amide bonds. The number of pyridine rings is 1. The van der Waals surface area contributed by atoms with E-state index in [1.165, 1.54) is 24.5 Å². The second-order valence-corrected chi connectivity index (χ2v) is 12.6. The molecule has 3 aromatic heterocycles. The van der Waals surface area contributed by atoms with Crippen molar-refractivity contribution in [1.82, 2.24) is 29.8 Å². The Morgan fingerprint density at radius 1 is 1.09 bits per heavy atom. The predicted molar refractivity (Wildman–Crippen MR) is 164 cm³/mol. The van der Waals surface area contributed by atoms with Gasteiger partial charge >= 0.3 is 0 Å². The van der Waals surface area contributed by atoms with E-state index in [4.69, 9.17) is 9.54 Å². The van der Waals surface area contributed by atoms with Gasteiger partial charge in [-0.05, 0) is 95.6 Å². The summed E-state index contributed by atoms with van der Waals surface area (Å²) in [6.45, 7) is 12.2. The van der Waals surface area contributed by atoms with Crippen LogP contribution in [0.2, 0.25) is 0 Å². The summed E-state index contributed by atoms with van der Waals surface area (Å²) in [6, 6.07) is 7.13. The maximum Gasteiger partial charge on any atom is 0.261 e. The molecule has 10 nitrogen and oxygen atoms in total. The lowest BCUT2D eigenvalue weighted by molar-refractivity contribution is 0.311. The van der Waals surface area contributed by atoms with Gasteiger partial charge in [0.1, 0.15) is 22.9 Å². The van der Waals surface area contributed by atoms with Crippen LogP contribution in [0.5, 0.6) is 0 Å². The van der Waals surface area contributed by atoms with E-state index in [1.54, 1.807) is 6.07 Å². The molecule has 0 radical (unpaired) electrons.